The molecule has 2 heterocycles. The zero-order valence-corrected chi connectivity index (χ0v) is 15.6. The first-order chi connectivity index (χ1) is 13.2. The molecule has 6 heteroatoms. The van der Waals surface area contributed by atoms with Crippen LogP contribution in [-0.2, 0) is 0 Å². The second kappa shape index (κ2) is 9.16. The van der Waals surface area contributed by atoms with E-state index in [1.54, 1.807) is 46.5 Å². The molecule has 2 amide bonds. The van der Waals surface area contributed by atoms with Crippen molar-refractivity contribution in [3.05, 3.63) is 59.9 Å². The summed E-state index contributed by atoms with van der Waals surface area (Å²) >= 11 is 0. The molecule has 1 fully saturated rings. The molecule has 0 aliphatic carbocycles. The number of hydrogen-bond acceptors (Lipinski definition) is 4. The van der Waals surface area contributed by atoms with E-state index in [2.05, 4.69) is 11.9 Å². The second-order valence-electron chi connectivity index (χ2n) is 6.55. The van der Waals surface area contributed by atoms with E-state index in [9.17, 15) is 9.59 Å². The van der Waals surface area contributed by atoms with Crippen LogP contribution in [0.15, 0.2) is 48.8 Å². The molecule has 0 atom stereocenters. The monoisotopic (exact) mass is 367 g/mol. The third-order valence-corrected chi connectivity index (χ3v) is 4.63. The Morgan fingerprint density at radius 1 is 0.963 bits per heavy atom. The normalized spacial score (nSPS) is 14.1. The average molecular weight is 367 g/mol. The number of hydrogen-bond donors (Lipinski definition) is 0. The number of amides is 2. The molecule has 6 nitrogen and oxygen atoms in total. The minimum absolute atomic E-state index is 0.0106. The molecule has 0 spiro atoms. The molecule has 1 aromatic heterocycles. The Balaban J connectivity index is 1.53. The smallest absolute Gasteiger partial charge is 0.255 e. The fraction of sp³-hybridized carbons (Fsp3) is 0.381. The van der Waals surface area contributed by atoms with Crippen molar-refractivity contribution >= 4 is 11.8 Å². The Morgan fingerprint density at radius 2 is 1.59 bits per heavy atom. The van der Waals surface area contributed by atoms with E-state index in [1.165, 1.54) is 0 Å². The van der Waals surface area contributed by atoms with E-state index in [1.807, 2.05) is 12.1 Å². The van der Waals surface area contributed by atoms with Crippen molar-refractivity contribution < 1.29 is 14.3 Å². The number of pyridine rings is 1. The molecule has 1 aliphatic heterocycles. The summed E-state index contributed by atoms with van der Waals surface area (Å²) in [6.07, 6.45) is 5.33. The Hall–Kier alpha value is -2.89. The van der Waals surface area contributed by atoms with Gasteiger partial charge in [-0.3, -0.25) is 14.6 Å². The first kappa shape index (κ1) is 18.9. The first-order valence-electron chi connectivity index (χ1n) is 9.40. The van der Waals surface area contributed by atoms with E-state index in [-0.39, 0.29) is 11.8 Å². The van der Waals surface area contributed by atoms with Crippen molar-refractivity contribution in [1.82, 2.24) is 14.8 Å². The maximum atomic E-state index is 12.7. The highest BCUT2D eigenvalue weighted by atomic mass is 16.5. The minimum Gasteiger partial charge on any atom is -0.494 e. The Bertz CT molecular complexity index is 754. The number of benzene rings is 1. The van der Waals surface area contributed by atoms with Crippen LogP contribution in [-0.4, -0.2) is 59.4 Å². The van der Waals surface area contributed by atoms with E-state index in [0.29, 0.717) is 43.9 Å². The van der Waals surface area contributed by atoms with Crippen molar-refractivity contribution in [1.29, 1.82) is 0 Å². The highest BCUT2D eigenvalue weighted by Gasteiger charge is 2.25. The van der Waals surface area contributed by atoms with Gasteiger partial charge in [0.15, 0.2) is 0 Å². The molecule has 1 aromatic carbocycles. The molecule has 0 N–H and O–H groups in total. The lowest BCUT2D eigenvalue weighted by Gasteiger charge is -2.34. The topological polar surface area (TPSA) is 62.7 Å². The van der Waals surface area contributed by atoms with Gasteiger partial charge in [0.25, 0.3) is 11.8 Å². The predicted octanol–water partition coefficient (Wildman–Crippen LogP) is 2.86. The minimum atomic E-state index is -0.0382. The maximum absolute atomic E-state index is 12.7. The molecule has 0 saturated carbocycles. The Kier molecular flexibility index (Phi) is 6.41. The molecule has 1 aliphatic rings. The van der Waals surface area contributed by atoms with Crippen molar-refractivity contribution in [3.8, 4) is 5.75 Å². The summed E-state index contributed by atoms with van der Waals surface area (Å²) in [5, 5.41) is 0. The van der Waals surface area contributed by atoms with Gasteiger partial charge in [-0.25, -0.2) is 0 Å². The summed E-state index contributed by atoms with van der Waals surface area (Å²) in [6, 6.07) is 10.8. The van der Waals surface area contributed by atoms with Crippen LogP contribution in [0.4, 0.5) is 0 Å². The highest BCUT2D eigenvalue weighted by molar-refractivity contribution is 5.95. The number of carbonyl (C=O) groups is 2. The summed E-state index contributed by atoms with van der Waals surface area (Å²) in [5.41, 5.74) is 1.22. The SMILES string of the molecule is CCCCOc1ccc(C(=O)N2CCN(C(=O)c3cccnc3)CC2)cc1. The van der Waals surface area contributed by atoms with Crippen molar-refractivity contribution in [2.24, 2.45) is 0 Å². The Labute approximate surface area is 159 Å². The number of unbranched alkanes of at least 4 members (excludes halogenated alkanes) is 1. The molecular formula is C21H25N3O3. The van der Waals surface area contributed by atoms with E-state index < -0.39 is 0 Å². The number of rotatable bonds is 6. The van der Waals surface area contributed by atoms with E-state index >= 15 is 0 Å². The van der Waals surface area contributed by atoms with Crippen molar-refractivity contribution in [2.45, 2.75) is 19.8 Å². The summed E-state index contributed by atoms with van der Waals surface area (Å²) < 4.78 is 5.63. The van der Waals surface area contributed by atoms with Crippen LogP contribution in [0.1, 0.15) is 40.5 Å². The van der Waals surface area contributed by atoms with Crippen LogP contribution in [0.5, 0.6) is 5.75 Å². The lowest BCUT2D eigenvalue weighted by Crippen LogP contribution is -2.50. The second-order valence-corrected chi connectivity index (χ2v) is 6.55. The summed E-state index contributed by atoms with van der Waals surface area (Å²) in [4.78, 5) is 32.7. The fourth-order valence-electron chi connectivity index (χ4n) is 3.00. The third kappa shape index (κ3) is 4.84. The standard InChI is InChI=1S/C21H25N3O3/c1-2-3-15-27-19-8-6-17(7-9-19)20(25)23-11-13-24(14-12-23)21(26)18-5-4-10-22-16-18/h4-10,16H,2-3,11-15H2,1H3. The lowest BCUT2D eigenvalue weighted by molar-refractivity contribution is 0.0535. The van der Waals surface area contributed by atoms with Crippen LogP contribution < -0.4 is 4.74 Å². The summed E-state index contributed by atoms with van der Waals surface area (Å²) in [6.45, 7) is 4.92. The van der Waals surface area contributed by atoms with Gasteiger partial charge >= 0.3 is 0 Å². The number of aromatic nitrogens is 1. The highest BCUT2D eigenvalue weighted by Crippen LogP contribution is 2.16. The van der Waals surface area contributed by atoms with Gasteiger partial charge < -0.3 is 14.5 Å². The van der Waals surface area contributed by atoms with Crippen molar-refractivity contribution in [2.75, 3.05) is 32.8 Å². The summed E-state index contributed by atoms with van der Waals surface area (Å²) in [5.74, 6) is 0.735. The van der Waals surface area contributed by atoms with Gasteiger partial charge in [-0.2, -0.15) is 0 Å². The van der Waals surface area contributed by atoms with Gasteiger partial charge in [-0.05, 0) is 42.8 Å². The van der Waals surface area contributed by atoms with Crippen LogP contribution in [0.2, 0.25) is 0 Å². The lowest BCUT2D eigenvalue weighted by atomic mass is 10.1. The maximum Gasteiger partial charge on any atom is 0.255 e. The van der Waals surface area contributed by atoms with Gasteiger partial charge in [0, 0.05) is 44.1 Å². The van der Waals surface area contributed by atoms with Crippen LogP contribution in [0, 0.1) is 0 Å². The molecule has 142 valence electrons. The molecule has 0 unspecified atom stereocenters. The molecule has 27 heavy (non-hydrogen) atoms. The third-order valence-electron chi connectivity index (χ3n) is 4.63. The Morgan fingerprint density at radius 3 is 2.15 bits per heavy atom. The van der Waals surface area contributed by atoms with E-state index in [4.69, 9.17) is 4.74 Å². The number of piperazine rings is 1. The van der Waals surface area contributed by atoms with E-state index in [0.717, 1.165) is 18.6 Å². The van der Waals surface area contributed by atoms with Crippen LogP contribution in [0.25, 0.3) is 0 Å². The van der Waals surface area contributed by atoms with Crippen molar-refractivity contribution in [3.63, 3.8) is 0 Å². The largest absolute Gasteiger partial charge is 0.494 e. The number of ether oxygens (including phenoxy) is 1. The van der Waals surface area contributed by atoms with Gasteiger partial charge in [-0.1, -0.05) is 13.3 Å². The molecule has 3 rings (SSSR count). The summed E-state index contributed by atoms with van der Waals surface area (Å²) in [7, 11) is 0. The number of nitrogens with zero attached hydrogens (tertiary/aromatic N) is 3. The zero-order valence-electron chi connectivity index (χ0n) is 15.6. The van der Waals surface area contributed by atoms with Crippen LogP contribution in [0.3, 0.4) is 0 Å². The molecule has 2 aromatic rings. The predicted molar refractivity (Wildman–Crippen MR) is 103 cm³/mol. The van der Waals surface area contributed by atoms with Gasteiger partial charge in [-0.15, -0.1) is 0 Å². The number of carbonyl (C=O) groups excluding carboxylic acids is 2. The first-order valence-corrected chi connectivity index (χ1v) is 9.40. The molecule has 1 saturated heterocycles. The van der Waals surface area contributed by atoms with Crippen LogP contribution >= 0.6 is 0 Å². The zero-order chi connectivity index (χ0) is 19.1. The average Bonchev–Trinajstić information content (AvgIpc) is 2.74. The van der Waals surface area contributed by atoms with Gasteiger partial charge in [0.05, 0.1) is 12.2 Å². The molecule has 0 bridgehead atoms. The quantitative estimate of drug-likeness (QED) is 0.737. The fourth-order valence-corrected chi connectivity index (χ4v) is 3.00. The molecular weight excluding hydrogens is 342 g/mol. The van der Waals surface area contributed by atoms with Gasteiger partial charge in [0.1, 0.15) is 5.75 Å². The van der Waals surface area contributed by atoms with Gasteiger partial charge in [0.2, 0.25) is 0 Å². The molecule has 0 radical (unpaired) electrons.